The summed E-state index contributed by atoms with van der Waals surface area (Å²) in [5.41, 5.74) is 0.0204. The highest BCUT2D eigenvalue weighted by Crippen LogP contribution is 2.17. The van der Waals surface area contributed by atoms with E-state index in [1.807, 2.05) is 0 Å². The molecule has 6 heteroatoms. The molecule has 0 aliphatic rings. The zero-order valence-electron chi connectivity index (χ0n) is 7.94. The summed E-state index contributed by atoms with van der Waals surface area (Å²) in [5.74, 6) is -0.476. The molecule has 0 fully saturated rings. The van der Waals surface area contributed by atoms with Crippen molar-refractivity contribution in [2.75, 3.05) is 0 Å². The van der Waals surface area contributed by atoms with Gasteiger partial charge in [-0.2, -0.15) is 0 Å². The smallest absolute Gasteiger partial charge is 0.250 e. The molecule has 0 spiro atoms. The molecule has 0 saturated heterocycles. The van der Waals surface area contributed by atoms with Crippen LogP contribution in [0.3, 0.4) is 0 Å². The van der Waals surface area contributed by atoms with Crippen molar-refractivity contribution in [2.45, 2.75) is 0 Å². The molecule has 1 aromatic carbocycles. The van der Waals surface area contributed by atoms with Crippen molar-refractivity contribution in [3.05, 3.63) is 50.5 Å². The first kappa shape index (κ1) is 10.9. The van der Waals surface area contributed by atoms with Gasteiger partial charge in [-0.3, -0.25) is 9.78 Å². The van der Waals surface area contributed by atoms with Gasteiger partial charge in [0, 0.05) is 16.8 Å². The van der Waals surface area contributed by atoms with Gasteiger partial charge in [0.1, 0.15) is 0 Å². The Morgan fingerprint density at radius 2 is 2.12 bits per heavy atom. The van der Waals surface area contributed by atoms with E-state index in [4.69, 9.17) is 23.8 Å². The fraction of sp³-hybridized carbons (Fsp3) is 0. The lowest BCUT2D eigenvalue weighted by molar-refractivity contribution is -0.278. The molecule has 82 valence electrons. The minimum atomic E-state index is -0.506. The van der Waals surface area contributed by atoms with Crippen LogP contribution >= 0.6 is 23.8 Å². The number of aromatic amines is 1. The Morgan fingerprint density at radius 3 is 2.75 bits per heavy atom. The summed E-state index contributed by atoms with van der Waals surface area (Å²) in [4.78, 5) is 13.4. The standard InChI is InChI=1S/C10H7ClN2O2S/c11-6-2-1-3-7(4-6)13-9(15)5-8(14)12-10(13)16/h1-5,15H,(H,12,14,16)/p-1. The van der Waals surface area contributed by atoms with Crippen molar-refractivity contribution in [1.29, 1.82) is 0 Å². The van der Waals surface area contributed by atoms with Crippen LogP contribution in [0.25, 0.3) is 5.69 Å². The third-order valence-corrected chi connectivity index (χ3v) is 2.49. The number of nitrogens with one attached hydrogen (secondary N) is 1. The molecule has 16 heavy (non-hydrogen) atoms. The van der Waals surface area contributed by atoms with E-state index < -0.39 is 11.4 Å². The predicted molar refractivity (Wildman–Crippen MR) is 61.7 cm³/mol. The molecule has 4 nitrogen and oxygen atoms in total. The van der Waals surface area contributed by atoms with Gasteiger partial charge in [0.15, 0.2) is 4.77 Å². The number of H-pyrrole nitrogens is 1. The molecule has 0 bridgehead atoms. The average molecular weight is 254 g/mol. The predicted octanol–water partition coefficient (Wildman–Crippen LogP) is 1.62. The normalized spacial score (nSPS) is 10.3. The van der Waals surface area contributed by atoms with Gasteiger partial charge in [0.2, 0.25) is 0 Å². The average Bonchev–Trinajstić information content (AvgIpc) is 2.15. The molecule has 0 radical (unpaired) electrons. The molecule has 0 aliphatic heterocycles. The Hall–Kier alpha value is -1.59. The second-order valence-electron chi connectivity index (χ2n) is 3.09. The Bertz CT molecular complexity index is 648. The number of nitrogens with zero attached hydrogens (tertiary/aromatic N) is 1. The van der Waals surface area contributed by atoms with Crippen LogP contribution in [0, 0.1) is 4.77 Å². The Morgan fingerprint density at radius 1 is 1.38 bits per heavy atom. The second kappa shape index (κ2) is 4.11. The molecule has 2 rings (SSSR count). The third kappa shape index (κ3) is 2.00. The van der Waals surface area contributed by atoms with Gasteiger partial charge in [-0.25, -0.2) is 0 Å². The minimum absolute atomic E-state index is 0.0553. The molecule has 0 saturated carbocycles. The molecule has 1 heterocycles. The maximum atomic E-state index is 11.6. The van der Waals surface area contributed by atoms with Crippen LogP contribution in [-0.4, -0.2) is 9.55 Å². The van der Waals surface area contributed by atoms with Crippen LogP contribution in [0.15, 0.2) is 35.1 Å². The van der Waals surface area contributed by atoms with Gasteiger partial charge < -0.3 is 9.67 Å². The minimum Gasteiger partial charge on any atom is -0.860 e. The fourth-order valence-electron chi connectivity index (χ4n) is 1.33. The summed E-state index contributed by atoms with van der Waals surface area (Å²) in [6, 6.07) is 7.60. The molecule has 2 aromatic rings. The van der Waals surface area contributed by atoms with Crippen LogP contribution < -0.4 is 10.7 Å². The largest absolute Gasteiger partial charge is 0.860 e. The van der Waals surface area contributed by atoms with E-state index in [1.54, 1.807) is 24.3 Å². The summed E-state index contributed by atoms with van der Waals surface area (Å²) < 4.78 is 1.27. The van der Waals surface area contributed by atoms with Crippen molar-refractivity contribution >= 4 is 23.8 Å². The summed E-state index contributed by atoms with van der Waals surface area (Å²) >= 11 is 10.7. The Balaban J connectivity index is 2.74. The maximum absolute atomic E-state index is 11.6. The van der Waals surface area contributed by atoms with E-state index in [2.05, 4.69) is 4.98 Å². The highest BCUT2D eigenvalue weighted by molar-refractivity contribution is 7.71. The van der Waals surface area contributed by atoms with Crippen LogP contribution in [-0.2, 0) is 0 Å². The summed E-state index contributed by atoms with van der Waals surface area (Å²) in [6.45, 7) is 0. The number of rotatable bonds is 1. The van der Waals surface area contributed by atoms with E-state index in [0.29, 0.717) is 10.7 Å². The molecular weight excluding hydrogens is 248 g/mol. The molecule has 1 aromatic heterocycles. The molecular formula is C10H6ClN2O2S-. The number of aromatic nitrogens is 2. The lowest BCUT2D eigenvalue weighted by atomic mass is 10.3. The van der Waals surface area contributed by atoms with Crippen LogP contribution in [0.5, 0.6) is 5.88 Å². The summed E-state index contributed by atoms with van der Waals surface area (Å²) in [6.07, 6.45) is 0. The SMILES string of the molecule is O=c1cc([O-])n(-c2cccc(Cl)c2)c(=S)[nH]1. The quantitative estimate of drug-likeness (QED) is 0.786. The van der Waals surface area contributed by atoms with E-state index in [9.17, 15) is 9.90 Å². The first-order valence-electron chi connectivity index (χ1n) is 4.37. The van der Waals surface area contributed by atoms with E-state index >= 15 is 0 Å². The topological polar surface area (TPSA) is 60.8 Å². The van der Waals surface area contributed by atoms with E-state index in [-0.39, 0.29) is 4.77 Å². The second-order valence-corrected chi connectivity index (χ2v) is 3.92. The van der Waals surface area contributed by atoms with Gasteiger partial charge in [-0.1, -0.05) is 17.7 Å². The van der Waals surface area contributed by atoms with Crippen molar-refractivity contribution in [2.24, 2.45) is 0 Å². The zero-order chi connectivity index (χ0) is 11.7. The summed E-state index contributed by atoms with van der Waals surface area (Å²) in [7, 11) is 0. The monoisotopic (exact) mass is 253 g/mol. The number of hydrogen-bond donors (Lipinski definition) is 1. The third-order valence-electron chi connectivity index (χ3n) is 1.97. The van der Waals surface area contributed by atoms with Gasteiger partial charge in [-0.05, 0) is 36.3 Å². The zero-order valence-corrected chi connectivity index (χ0v) is 9.51. The van der Waals surface area contributed by atoms with Crippen molar-refractivity contribution in [3.8, 4) is 11.6 Å². The van der Waals surface area contributed by atoms with Crippen LogP contribution in [0.1, 0.15) is 0 Å². The van der Waals surface area contributed by atoms with E-state index in [1.165, 1.54) is 4.57 Å². The Kier molecular flexibility index (Phi) is 2.80. The highest BCUT2D eigenvalue weighted by atomic mass is 35.5. The fourth-order valence-corrected chi connectivity index (χ4v) is 1.81. The highest BCUT2D eigenvalue weighted by Gasteiger charge is 2.00. The number of hydrogen-bond acceptors (Lipinski definition) is 3. The lowest BCUT2D eigenvalue weighted by Crippen LogP contribution is -2.15. The van der Waals surface area contributed by atoms with Gasteiger partial charge in [0.05, 0.1) is 0 Å². The Labute approximate surface area is 101 Å². The van der Waals surface area contributed by atoms with Crippen LogP contribution in [0.2, 0.25) is 5.02 Å². The van der Waals surface area contributed by atoms with E-state index in [0.717, 1.165) is 6.07 Å². The van der Waals surface area contributed by atoms with Crippen molar-refractivity contribution < 1.29 is 5.11 Å². The lowest BCUT2D eigenvalue weighted by Gasteiger charge is -2.16. The van der Waals surface area contributed by atoms with Gasteiger partial charge >= 0.3 is 0 Å². The van der Waals surface area contributed by atoms with Crippen molar-refractivity contribution in [1.82, 2.24) is 9.55 Å². The maximum Gasteiger partial charge on any atom is 0.250 e. The van der Waals surface area contributed by atoms with Gasteiger partial charge in [0.25, 0.3) is 5.56 Å². The molecule has 0 aliphatic carbocycles. The van der Waals surface area contributed by atoms with Gasteiger partial charge in [-0.15, -0.1) is 0 Å². The summed E-state index contributed by atoms with van der Waals surface area (Å²) in [5, 5.41) is 12.1. The molecule has 1 N–H and O–H groups in total. The first-order valence-corrected chi connectivity index (χ1v) is 5.16. The molecule has 0 atom stereocenters. The molecule has 0 unspecified atom stereocenters. The number of halogens is 1. The van der Waals surface area contributed by atoms with Crippen molar-refractivity contribution in [3.63, 3.8) is 0 Å². The van der Waals surface area contributed by atoms with Crippen LogP contribution in [0.4, 0.5) is 0 Å². The first-order chi connectivity index (χ1) is 7.58. The molecule has 0 amide bonds. The number of benzene rings is 1.